The molecule has 3 heterocycles. The third-order valence-corrected chi connectivity index (χ3v) is 7.63. The highest BCUT2D eigenvalue weighted by molar-refractivity contribution is 7.15. The summed E-state index contributed by atoms with van der Waals surface area (Å²) < 4.78 is 47.9. The summed E-state index contributed by atoms with van der Waals surface area (Å²) in [5, 5.41) is 37.7. The van der Waals surface area contributed by atoms with Crippen LogP contribution in [0.3, 0.4) is 0 Å². The number of alkyl halides is 3. The quantitative estimate of drug-likeness (QED) is 0.119. The van der Waals surface area contributed by atoms with Crippen LogP contribution in [0.1, 0.15) is 66.8 Å². The Balaban J connectivity index is 1.18. The molecule has 17 heteroatoms. The van der Waals surface area contributed by atoms with Crippen LogP contribution in [0, 0.1) is 13.8 Å². The van der Waals surface area contributed by atoms with E-state index in [1.54, 1.807) is 52.8 Å². The standard InChI is InChI=1S/C31H37F3N8O5S/c1-18-23(19(2)42(41-18)29(45)47-30(3,4)5)17-26(44)36-28-40-39-27(48-28)12-7-6-10-21-13-14-24(38-37-21)35-25(43)16-20-9-8-11-22(15-20)46-31(32,33)34/h8-9,11,13-15,25,43H,6-7,10,12,16-17H2,1-5H3,(H,35,38)(H,36,40,44). The first kappa shape index (κ1) is 36.2. The van der Waals surface area contributed by atoms with Gasteiger partial charge in [-0.25, -0.2) is 4.79 Å². The molecule has 3 N–H and O–H groups in total. The van der Waals surface area contributed by atoms with E-state index in [0.717, 1.165) is 23.5 Å². The minimum absolute atomic E-state index is 0.0122. The summed E-state index contributed by atoms with van der Waals surface area (Å²) in [6.45, 7) is 8.74. The average Bonchev–Trinajstić information content (AvgIpc) is 3.53. The van der Waals surface area contributed by atoms with Crippen molar-refractivity contribution < 1.29 is 37.3 Å². The molecule has 4 aromatic rings. The SMILES string of the molecule is Cc1nn(C(=O)OC(C)(C)C)c(C)c1CC(=O)Nc1nnc(CCCCc2ccc(NC(O)Cc3cccc(OC(F)(F)F)c3)nn2)s1. The van der Waals surface area contributed by atoms with Crippen molar-refractivity contribution >= 4 is 34.3 Å². The van der Waals surface area contributed by atoms with Gasteiger partial charge >= 0.3 is 12.5 Å². The second kappa shape index (κ2) is 15.5. The van der Waals surface area contributed by atoms with Crippen LogP contribution in [0.2, 0.25) is 0 Å². The minimum atomic E-state index is -4.80. The van der Waals surface area contributed by atoms with Gasteiger partial charge in [0.05, 0.1) is 23.5 Å². The fraction of sp³-hybridized carbons (Fsp3) is 0.452. The summed E-state index contributed by atoms with van der Waals surface area (Å²) in [7, 11) is 0. The number of benzene rings is 1. The van der Waals surface area contributed by atoms with Gasteiger partial charge in [-0.05, 0) is 83.7 Å². The topological polar surface area (TPSA) is 166 Å². The number of carbonyl (C=O) groups excluding carboxylic acids is 2. The number of hydrogen-bond acceptors (Lipinski definition) is 12. The molecule has 4 rings (SSSR count). The van der Waals surface area contributed by atoms with Gasteiger partial charge in [-0.15, -0.1) is 28.5 Å². The second-order valence-corrected chi connectivity index (χ2v) is 13.0. The fourth-order valence-corrected chi connectivity index (χ4v) is 5.41. The molecular formula is C31H37F3N8O5S. The molecule has 0 radical (unpaired) electrons. The Bertz CT molecular complexity index is 1700. The Morgan fingerprint density at radius 3 is 2.46 bits per heavy atom. The van der Waals surface area contributed by atoms with Crippen LogP contribution >= 0.6 is 11.3 Å². The normalized spacial score (nSPS) is 12.4. The number of anilines is 2. The summed E-state index contributed by atoms with van der Waals surface area (Å²) in [5.41, 5.74) is 2.24. The Hall–Kier alpha value is -4.64. The largest absolute Gasteiger partial charge is 0.573 e. The minimum Gasteiger partial charge on any atom is -0.442 e. The highest BCUT2D eigenvalue weighted by Crippen LogP contribution is 2.24. The van der Waals surface area contributed by atoms with Crippen molar-refractivity contribution in [3.8, 4) is 5.75 Å². The van der Waals surface area contributed by atoms with Gasteiger partial charge in [0.2, 0.25) is 11.0 Å². The molecule has 0 bridgehead atoms. The van der Waals surface area contributed by atoms with Crippen LogP contribution < -0.4 is 15.4 Å². The van der Waals surface area contributed by atoms with E-state index in [-0.39, 0.29) is 24.5 Å². The molecular weight excluding hydrogens is 653 g/mol. The Labute approximate surface area is 278 Å². The lowest BCUT2D eigenvalue weighted by molar-refractivity contribution is -0.274. The summed E-state index contributed by atoms with van der Waals surface area (Å²) in [6, 6.07) is 8.83. The maximum absolute atomic E-state index is 12.7. The van der Waals surface area contributed by atoms with Crippen molar-refractivity contribution in [2.24, 2.45) is 0 Å². The predicted molar refractivity (Wildman–Crippen MR) is 171 cm³/mol. The maximum atomic E-state index is 12.7. The summed E-state index contributed by atoms with van der Waals surface area (Å²) in [5.74, 6) is -0.347. The first-order chi connectivity index (χ1) is 22.5. The van der Waals surface area contributed by atoms with Crippen molar-refractivity contribution in [3.05, 3.63) is 69.6 Å². The number of aliphatic hydroxyl groups excluding tert-OH is 1. The number of nitrogens with zero attached hydrogens (tertiary/aromatic N) is 6. The Morgan fingerprint density at radius 2 is 1.77 bits per heavy atom. The van der Waals surface area contributed by atoms with Gasteiger partial charge in [0, 0.05) is 18.4 Å². The van der Waals surface area contributed by atoms with Crippen LogP contribution in [-0.2, 0) is 35.2 Å². The van der Waals surface area contributed by atoms with E-state index in [1.165, 1.54) is 34.2 Å². The maximum Gasteiger partial charge on any atom is 0.573 e. The lowest BCUT2D eigenvalue weighted by Crippen LogP contribution is -2.28. The van der Waals surface area contributed by atoms with Gasteiger partial charge in [-0.2, -0.15) is 14.9 Å². The molecule has 0 aliphatic carbocycles. The van der Waals surface area contributed by atoms with Crippen LogP contribution in [0.15, 0.2) is 36.4 Å². The van der Waals surface area contributed by atoms with Crippen molar-refractivity contribution in [2.75, 3.05) is 10.6 Å². The van der Waals surface area contributed by atoms with Gasteiger partial charge in [0.15, 0.2) is 5.82 Å². The number of aromatic nitrogens is 6. The molecule has 13 nitrogen and oxygen atoms in total. The van der Waals surface area contributed by atoms with Crippen molar-refractivity contribution in [1.82, 2.24) is 30.2 Å². The summed E-state index contributed by atoms with van der Waals surface area (Å²) in [4.78, 5) is 25.2. The average molecular weight is 691 g/mol. The molecule has 0 saturated carbocycles. The smallest absolute Gasteiger partial charge is 0.442 e. The van der Waals surface area contributed by atoms with E-state index < -0.39 is 24.3 Å². The summed E-state index contributed by atoms with van der Waals surface area (Å²) >= 11 is 1.29. The number of rotatable bonds is 13. The first-order valence-corrected chi connectivity index (χ1v) is 15.9. The van der Waals surface area contributed by atoms with Crippen LogP contribution in [-0.4, -0.2) is 65.5 Å². The number of nitrogens with one attached hydrogen (secondary N) is 2. The number of amides is 1. The molecule has 1 aromatic carbocycles. The number of aryl methyl sites for hydroxylation is 3. The monoisotopic (exact) mass is 690 g/mol. The number of ether oxygens (including phenoxy) is 2. The van der Waals surface area contributed by atoms with Gasteiger partial charge in [-0.1, -0.05) is 23.5 Å². The lowest BCUT2D eigenvalue weighted by atomic mass is 10.1. The molecule has 0 fully saturated rings. The number of halogens is 3. The predicted octanol–water partition coefficient (Wildman–Crippen LogP) is 5.54. The number of carbonyl (C=O) groups is 2. The molecule has 1 amide bonds. The van der Waals surface area contributed by atoms with Gasteiger partial charge < -0.3 is 25.2 Å². The summed E-state index contributed by atoms with van der Waals surface area (Å²) in [6.07, 6.45) is -3.58. The molecule has 0 saturated heterocycles. The molecule has 48 heavy (non-hydrogen) atoms. The molecule has 0 aliphatic rings. The Morgan fingerprint density at radius 1 is 1.02 bits per heavy atom. The van der Waals surface area contributed by atoms with E-state index >= 15 is 0 Å². The number of hydrogen-bond donors (Lipinski definition) is 3. The van der Waals surface area contributed by atoms with E-state index in [0.29, 0.717) is 46.3 Å². The van der Waals surface area contributed by atoms with E-state index in [9.17, 15) is 27.9 Å². The van der Waals surface area contributed by atoms with E-state index in [1.807, 2.05) is 0 Å². The molecule has 1 unspecified atom stereocenters. The highest BCUT2D eigenvalue weighted by atomic mass is 32.1. The van der Waals surface area contributed by atoms with Crippen molar-refractivity contribution in [3.63, 3.8) is 0 Å². The molecule has 258 valence electrons. The number of aliphatic hydroxyl groups is 1. The fourth-order valence-electron chi connectivity index (χ4n) is 4.61. The second-order valence-electron chi connectivity index (χ2n) is 11.9. The molecule has 0 aliphatic heterocycles. The Kier molecular flexibility index (Phi) is 11.7. The van der Waals surface area contributed by atoms with Gasteiger partial charge in [0.1, 0.15) is 22.6 Å². The zero-order valence-electron chi connectivity index (χ0n) is 27.1. The van der Waals surface area contributed by atoms with Crippen LogP contribution in [0.5, 0.6) is 5.75 Å². The zero-order chi connectivity index (χ0) is 35.1. The molecule has 0 spiro atoms. The highest BCUT2D eigenvalue weighted by Gasteiger charge is 2.31. The van der Waals surface area contributed by atoms with Gasteiger partial charge in [-0.3, -0.25) is 4.79 Å². The van der Waals surface area contributed by atoms with E-state index in [2.05, 4.69) is 40.9 Å². The number of unbranched alkanes of at least 4 members (excludes halogenated alkanes) is 1. The third-order valence-electron chi connectivity index (χ3n) is 6.73. The van der Waals surface area contributed by atoms with Crippen molar-refractivity contribution in [1.29, 1.82) is 0 Å². The zero-order valence-corrected chi connectivity index (χ0v) is 27.9. The molecule has 3 aromatic heterocycles. The van der Waals surface area contributed by atoms with Gasteiger partial charge in [0.25, 0.3) is 0 Å². The van der Waals surface area contributed by atoms with Crippen molar-refractivity contribution in [2.45, 2.75) is 91.3 Å². The van der Waals surface area contributed by atoms with E-state index in [4.69, 9.17) is 4.74 Å². The van der Waals surface area contributed by atoms with Crippen LogP contribution in [0.4, 0.5) is 28.9 Å². The van der Waals surface area contributed by atoms with Crippen LogP contribution in [0.25, 0.3) is 0 Å². The lowest BCUT2D eigenvalue weighted by Gasteiger charge is -2.19. The first-order valence-electron chi connectivity index (χ1n) is 15.1. The molecule has 1 atom stereocenters. The third kappa shape index (κ3) is 11.3.